The molecule has 134 valence electrons. The third kappa shape index (κ3) is 4.98. The lowest BCUT2D eigenvalue weighted by Gasteiger charge is -2.11. The minimum Gasteiger partial charge on any atom is -0.293 e. The molecule has 2 aromatic rings. The molecule has 4 nitrogen and oxygen atoms in total. The number of amides is 1. The summed E-state index contributed by atoms with van der Waals surface area (Å²) in [4.78, 5) is 15.6. The van der Waals surface area contributed by atoms with Gasteiger partial charge in [0.1, 0.15) is 10.7 Å². The normalized spacial score (nSPS) is 10.6. The molecular formula is C14H10F5N3OS2. The highest BCUT2D eigenvalue weighted by Gasteiger charge is 2.25. The van der Waals surface area contributed by atoms with Crippen molar-refractivity contribution in [1.29, 1.82) is 0 Å². The molecule has 0 spiro atoms. The van der Waals surface area contributed by atoms with Crippen LogP contribution in [-0.4, -0.2) is 16.6 Å². The number of nitrogens with zero attached hydrogens (tertiary/aromatic N) is 1. The monoisotopic (exact) mass is 395 g/mol. The van der Waals surface area contributed by atoms with Gasteiger partial charge in [-0.2, -0.15) is 0 Å². The van der Waals surface area contributed by atoms with Crippen molar-refractivity contribution in [2.24, 2.45) is 0 Å². The van der Waals surface area contributed by atoms with Gasteiger partial charge in [-0.05, 0) is 22.9 Å². The Morgan fingerprint density at radius 3 is 2.24 bits per heavy atom. The molecular weight excluding hydrogens is 385 g/mol. The first-order valence-electron chi connectivity index (χ1n) is 6.68. The average Bonchev–Trinajstić information content (AvgIpc) is 2.63. The maximum atomic E-state index is 13.4. The second-order valence-corrected chi connectivity index (χ2v) is 6.88. The third-order valence-corrected chi connectivity index (χ3v) is 5.00. The van der Waals surface area contributed by atoms with E-state index in [0.717, 1.165) is 5.03 Å². The molecule has 0 saturated heterocycles. The van der Waals surface area contributed by atoms with E-state index < -0.39 is 40.7 Å². The molecule has 0 unspecified atom stereocenters. The van der Waals surface area contributed by atoms with Crippen molar-refractivity contribution in [2.75, 3.05) is 11.2 Å². The highest BCUT2D eigenvalue weighted by molar-refractivity contribution is 8.76. The second-order valence-electron chi connectivity index (χ2n) is 4.44. The largest absolute Gasteiger partial charge is 0.293 e. The quantitative estimate of drug-likeness (QED) is 0.185. The number of rotatable bonds is 7. The molecule has 25 heavy (non-hydrogen) atoms. The molecule has 0 aliphatic heterocycles. The lowest BCUT2D eigenvalue weighted by Crippen LogP contribution is -2.31. The summed E-state index contributed by atoms with van der Waals surface area (Å²) in [6, 6.07) is 5.34. The van der Waals surface area contributed by atoms with Gasteiger partial charge in [-0.1, -0.05) is 16.9 Å². The number of hydrogen-bond donors (Lipinski definition) is 2. The van der Waals surface area contributed by atoms with Gasteiger partial charge < -0.3 is 0 Å². The van der Waals surface area contributed by atoms with E-state index in [4.69, 9.17) is 0 Å². The fourth-order valence-electron chi connectivity index (χ4n) is 1.54. The number of hydrogen-bond acceptors (Lipinski definition) is 5. The Hall–Kier alpha value is -2.01. The van der Waals surface area contributed by atoms with Crippen LogP contribution in [0.5, 0.6) is 0 Å². The number of hydrazine groups is 1. The van der Waals surface area contributed by atoms with Gasteiger partial charge in [0, 0.05) is 18.4 Å². The van der Waals surface area contributed by atoms with Gasteiger partial charge >= 0.3 is 0 Å². The van der Waals surface area contributed by atoms with E-state index in [1.165, 1.54) is 21.6 Å². The Labute approximate surface area is 147 Å². The van der Waals surface area contributed by atoms with Crippen molar-refractivity contribution in [1.82, 2.24) is 10.4 Å². The number of carbonyl (C=O) groups excluding carboxylic acids is 1. The SMILES string of the molecule is O=C(CCSSc1ccccn1)NNc1c(F)c(F)c(F)c(F)c1F. The van der Waals surface area contributed by atoms with E-state index >= 15 is 0 Å². The first-order chi connectivity index (χ1) is 11.9. The van der Waals surface area contributed by atoms with Gasteiger partial charge in [-0.3, -0.25) is 15.6 Å². The van der Waals surface area contributed by atoms with E-state index in [0.29, 0.717) is 5.75 Å². The molecule has 1 aromatic heterocycles. The molecule has 2 N–H and O–H groups in total. The Morgan fingerprint density at radius 1 is 1.00 bits per heavy atom. The number of halogens is 5. The first-order valence-corrected chi connectivity index (χ1v) is 9.00. The standard InChI is InChI=1S/C14H10F5N3OS2/c15-9-10(16)12(18)14(13(19)11(9)17)22-21-7(23)4-6-24-25-8-3-1-2-5-20-8/h1-3,5,22H,4,6H2,(H,21,23). The predicted molar refractivity (Wildman–Crippen MR) is 85.2 cm³/mol. The summed E-state index contributed by atoms with van der Waals surface area (Å²) >= 11 is 0. The molecule has 0 fully saturated rings. The lowest BCUT2D eigenvalue weighted by molar-refractivity contribution is -0.120. The Morgan fingerprint density at radius 2 is 1.64 bits per heavy atom. The number of anilines is 1. The van der Waals surface area contributed by atoms with Crippen molar-refractivity contribution in [3.8, 4) is 0 Å². The summed E-state index contributed by atoms with van der Waals surface area (Å²) in [6.07, 6.45) is 1.57. The summed E-state index contributed by atoms with van der Waals surface area (Å²) in [5, 5.41) is 0.743. The molecule has 2 rings (SSSR count). The maximum absolute atomic E-state index is 13.4. The zero-order valence-electron chi connectivity index (χ0n) is 12.3. The van der Waals surface area contributed by atoms with Crippen LogP contribution in [0, 0.1) is 29.1 Å². The average molecular weight is 395 g/mol. The Kier molecular flexibility index (Phi) is 6.88. The first kappa shape index (κ1) is 19.3. The summed E-state index contributed by atoms with van der Waals surface area (Å²) in [7, 11) is 2.65. The van der Waals surface area contributed by atoms with Crippen LogP contribution in [0.2, 0.25) is 0 Å². The number of carbonyl (C=O) groups is 1. The van der Waals surface area contributed by atoms with E-state index in [2.05, 4.69) is 4.98 Å². The third-order valence-electron chi connectivity index (χ3n) is 2.73. The van der Waals surface area contributed by atoms with Crippen molar-refractivity contribution in [3.05, 3.63) is 53.5 Å². The van der Waals surface area contributed by atoms with Crippen LogP contribution < -0.4 is 10.9 Å². The Bertz CT molecular complexity index is 735. The van der Waals surface area contributed by atoms with Crippen LogP contribution >= 0.6 is 21.6 Å². The van der Waals surface area contributed by atoms with Crippen LogP contribution in [0.1, 0.15) is 6.42 Å². The van der Waals surface area contributed by atoms with Crippen molar-refractivity contribution < 1.29 is 26.7 Å². The van der Waals surface area contributed by atoms with Crippen LogP contribution in [0.15, 0.2) is 29.4 Å². The van der Waals surface area contributed by atoms with Gasteiger partial charge in [-0.25, -0.2) is 26.9 Å². The fraction of sp³-hybridized carbons (Fsp3) is 0.143. The number of nitrogens with one attached hydrogen (secondary N) is 2. The Balaban J connectivity index is 1.82. The zero-order chi connectivity index (χ0) is 18.4. The van der Waals surface area contributed by atoms with Crippen molar-refractivity contribution in [2.45, 2.75) is 11.4 Å². The van der Waals surface area contributed by atoms with Crippen LogP contribution in [0.4, 0.5) is 27.6 Å². The molecule has 0 aliphatic carbocycles. The molecule has 1 amide bonds. The highest BCUT2D eigenvalue weighted by atomic mass is 33.1. The number of benzene rings is 1. The molecule has 11 heteroatoms. The van der Waals surface area contributed by atoms with E-state index in [1.54, 1.807) is 29.8 Å². The number of aromatic nitrogens is 1. The zero-order valence-corrected chi connectivity index (χ0v) is 13.9. The van der Waals surface area contributed by atoms with Gasteiger partial charge in [0.2, 0.25) is 11.7 Å². The van der Waals surface area contributed by atoms with Crippen LogP contribution in [-0.2, 0) is 4.79 Å². The minimum absolute atomic E-state index is 0.0487. The second kappa shape index (κ2) is 8.90. The van der Waals surface area contributed by atoms with Gasteiger partial charge in [-0.15, -0.1) is 0 Å². The number of pyridine rings is 1. The van der Waals surface area contributed by atoms with Gasteiger partial charge in [0.15, 0.2) is 23.3 Å². The van der Waals surface area contributed by atoms with Crippen molar-refractivity contribution >= 4 is 33.2 Å². The summed E-state index contributed by atoms with van der Waals surface area (Å²) in [5.74, 6) is -10.9. The van der Waals surface area contributed by atoms with E-state index in [9.17, 15) is 26.7 Å². The molecule has 0 aliphatic rings. The smallest absolute Gasteiger partial charge is 0.239 e. The molecule has 0 radical (unpaired) electrons. The molecule has 1 heterocycles. The fourth-order valence-corrected chi connectivity index (χ4v) is 3.41. The molecule has 0 atom stereocenters. The summed E-state index contributed by atoms with van der Waals surface area (Å²) in [6.45, 7) is 0. The van der Waals surface area contributed by atoms with Gasteiger partial charge in [0.25, 0.3) is 0 Å². The van der Waals surface area contributed by atoms with Gasteiger partial charge in [0.05, 0.1) is 0 Å². The predicted octanol–water partition coefficient (Wildman–Crippen LogP) is 4.05. The van der Waals surface area contributed by atoms with Crippen molar-refractivity contribution in [3.63, 3.8) is 0 Å². The molecule has 0 saturated carbocycles. The van der Waals surface area contributed by atoms with Crippen LogP contribution in [0.3, 0.4) is 0 Å². The minimum atomic E-state index is -2.27. The topological polar surface area (TPSA) is 54.0 Å². The maximum Gasteiger partial charge on any atom is 0.239 e. The highest BCUT2D eigenvalue weighted by Crippen LogP contribution is 2.29. The molecule has 1 aromatic carbocycles. The van der Waals surface area contributed by atoms with E-state index in [1.807, 2.05) is 5.43 Å². The molecule has 0 bridgehead atoms. The van der Waals surface area contributed by atoms with E-state index in [-0.39, 0.29) is 6.42 Å². The summed E-state index contributed by atoms with van der Waals surface area (Å²) in [5.41, 5.74) is 2.29. The lowest BCUT2D eigenvalue weighted by atomic mass is 10.2. The van der Waals surface area contributed by atoms with Crippen LogP contribution in [0.25, 0.3) is 0 Å². The summed E-state index contributed by atoms with van der Waals surface area (Å²) < 4.78 is 65.7.